The van der Waals surface area contributed by atoms with Gasteiger partial charge in [0.1, 0.15) is 6.61 Å². The van der Waals surface area contributed by atoms with Crippen molar-refractivity contribution in [3.8, 4) is 5.75 Å². The van der Waals surface area contributed by atoms with Crippen molar-refractivity contribution in [1.82, 2.24) is 15.1 Å². The smallest absolute Gasteiger partial charge is 0.328 e. The summed E-state index contributed by atoms with van der Waals surface area (Å²) in [6.45, 7) is 8.68. The van der Waals surface area contributed by atoms with Gasteiger partial charge in [0.15, 0.2) is 11.6 Å². The number of aliphatic carboxylic acids is 2. The van der Waals surface area contributed by atoms with Crippen LogP contribution >= 0.6 is 15.9 Å². The number of halogens is 2. The van der Waals surface area contributed by atoms with Gasteiger partial charge in [-0.15, -0.1) is 6.58 Å². The summed E-state index contributed by atoms with van der Waals surface area (Å²) >= 11 is 3.46. The Morgan fingerprint density at radius 1 is 1.17 bits per heavy atom. The highest BCUT2D eigenvalue weighted by molar-refractivity contribution is 9.10. The highest BCUT2D eigenvalue weighted by atomic mass is 79.9. The Balaban J connectivity index is 0.000000493. The second kappa shape index (κ2) is 14.6. The molecule has 0 fully saturated rings. The monoisotopic (exact) mass is 559 g/mol. The van der Waals surface area contributed by atoms with Gasteiger partial charge in [0.25, 0.3) is 0 Å². The zero-order chi connectivity index (χ0) is 26.5. The van der Waals surface area contributed by atoms with Crippen molar-refractivity contribution in [2.75, 3.05) is 26.2 Å². The Morgan fingerprint density at radius 2 is 1.83 bits per heavy atom. The van der Waals surface area contributed by atoms with Crippen LogP contribution < -0.4 is 4.74 Å². The number of carboxylic acid groups (broad SMARTS) is 2. The largest absolute Gasteiger partial charge is 0.486 e. The van der Waals surface area contributed by atoms with Crippen LogP contribution in [0.5, 0.6) is 5.75 Å². The Labute approximate surface area is 216 Å². The first-order valence-electron chi connectivity index (χ1n) is 10.9. The van der Waals surface area contributed by atoms with Crippen LogP contribution in [0.3, 0.4) is 0 Å². The second-order valence-corrected chi connectivity index (χ2v) is 8.33. The number of ether oxygens (including phenoxy) is 1. The standard InChI is InChI=1S/C22H23BrFN3O.C4H4O4/c1-3-10-27(4-2)11-9-17(16-5-7-19(23)8-6-16)15-28-22-13-21-18(12-20(22)24)14-25-26-21;5-3(6)1-2-4(7)8/h3,5-9,12-14H,1,4,10-11,15H2,2H3,(H,25,26);1-2H,(H,5,6)(H,7,8). The molecule has 0 radical (unpaired) electrons. The summed E-state index contributed by atoms with van der Waals surface area (Å²) in [6, 6.07) is 11.1. The van der Waals surface area contributed by atoms with Crippen LogP contribution in [-0.4, -0.2) is 63.5 Å². The lowest BCUT2D eigenvalue weighted by atomic mass is 10.1. The molecule has 10 heteroatoms. The molecule has 0 spiro atoms. The van der Waals surface area contributed by atoms with E-state index in [1.165, 1.54) is 6.07 Å². The number of carboxylic acids is 2. The molecule has 0 bridgehead atoms. The summed E-state index contributed by atoms with van der Waals surface area (Å²) in [4.78, 5) is 21.4. The number of fused-ring (bicyclic) bond motifs is 1. The lowest BCUT2D eigenvalue weighted by molar-refractivity contribution is -0.134. The first-order chi connectivity index (χ1) is 17.2. The second-order valence-electron chi connectivity index (χ2n) is 7.42. The first kappa shape index (κ1) is 28.5. The normalized spacial score (nSPS) is 11.4. The Hall–Kier alpha value is -3.76. The molecular weight excluding hydrogens is 533 g/mol. The van der Waals surface area contributed by atoms with Gasteiger partial charge in [-0.05, 0) is 35.9 Å². The summed E-state index contributed by atoms with van der Waals surface area (Å²) in [5, 5.41) is 23.1. The van der Waals surface area contributed by atoms with Crippen LogP contribution in [0, 0.1) is 5.82 Å². The molecule has 0 amide bonds. The maximum absolute atomic E-state index is 14.4. The van der Waals surface area contributed by atoms with Crippen LogP contribution in [0.25, 0.3) is 16.5 Å². The lowest BCUT2D eigenvalue weighted by Gasteiger charge is -2.18. The van der Waals surface area contributed by atoms with Crippen molar-refractivity contribution >= 4 is 44.3 Å². The van der Waals surface area contributed by atoms with Gasteiger partial charge in [-0.3, -0.25) is 10.00 Å². The molecule has 3 N–H and O–H groups in total. The molecule has 3 rings (SSSR count). The van der Waals surface area contributed by atoms with E-state index in [0.717, 1.165) is 46.1 Å². The number of rotatable bonds is 11. The van der Waals surface area contributed by atoms with Gasteiger partial charge in [0.2, 0.25) is 0 Å². The molecule has 0 aliphatic carbocycles. The van der Waals surface area contributed by atoms with E-state index in [-0.39, 0.29) is 12.4 Å². The van der Waals surface area contributed by atoms with Crippen LogP contribution in [0.1, 0.15) is 12.5 Å². The van der Waals surface area contributed by atoms with E-state index in [2.05, 4.69) is 50.6 Å². The number of nitrogens with zero attached hydrogens (tertiary/aromatic N) is 2. The van der Waals surface area contributed by atoms with E-state index < -0.39 is 17.8 Å². The predicted octanol–water partition coefficient (Wildman–Crippen LogP) is 5.15. The molecule has 8 nitrogen and oxygen atoms in total. The quantitative estimate of drug-likeness (QED) is 0.220. The topological polar surface area (TPSA) is 116 Å². The molecule has 0 atom stereocenters. The average Bonchev–Trinajstić information content (AvgIpc) is 3.30. The molecule has 36 heavy (non-hydrogen) atoms. The molecular formula is C26H27BrFN3O5. The van der Waals surface area contributed by atoms with Gasteiger partial charge in [-0.1, -0.05) is 47.1 Å². The van der Waals surface area contributed by atoms with E-state index in [1.807, 2.05) is 30.3 Å². The van der Waals surface area contributed by atoms with Crippen molar-refractivity contribution < 1.29 is 28.9 Å². The molecule has 190 valence electrons. The fourth-order valence-corrected chi connectivity index (χ4v) is 3.30. The number of hydrogen-bond acceptors (Lipinski definition) is 5. The highest BCUT2D eigenvalue weighted by Gasteiger charge is 2.10. The maximum Gasteiger partial charge on any atom is 0.328 e. The number of hydrogen-bond donors (Lipinski definition) is 3. The number of nitrogens with one attached hydrogen (secondary N) is 1. The third-order valence-electron chi connectivity index (χ3n) is 4.89. The molecule has 0 aliphatic rings. The van der Waals surface area contributed by atoms with Crippen LogP contribution in [-0.2, 0) is 9.59 Å². The summed E-state index contributed by atoms with van der Waals surface area (Å²) in [5.74, 6) is -2.70. The molecule has 0 saturated heterocycles. The number of H-pyrrole nitrogens is 1. The van der Waals surface area contributed by atoms with E-state index >= 15 is 0 Å². The van der Waals surface area contributed by atoms with Crippen molar-refractivity contribution in [1.29, 1.82) is 0 Å². The lowest BCUT2D eigenvalue weighted by Crippen LogP contribution is -2.23. The van der Waals surface area contributed by atoms with Crippen molar-refractivity contribution in [3.63, 3.8) is 0 Å². The summed E-state index contributed by atoms with van der Waals surface area (Å²) in [6.07, 6.45) is 6.73. The zero-order valence-corrected chi connectivity index (χ0v) is 21.2. The fraction of sp³-hybridized carbons (Fsp3) is 0.192. The molecule has 2 aromatic carbocycles. The van der Waals surface area contributed by atoms with Crippen molar-refractivity contribution in [2.24, 2.45) is 0 Å². The Bertz CT molecular complexity index is 1220. The van der Waals surface area contributed by atoms with Gasteiger partial charge >= 0.3 is 11.9 Å². The molecule has 0 unspecified atom stereocenters. The molecule has 1 aromatic heterocycles. The minimum atomic E-state index is -1.26. The Morgan fingerprint density at radius 3 is 2.42 bits per heavy atom. The van der Waals surface area contributed by atoms with E-state index in [4.69, 9.17) is 14.9 Å². The first-order valence-corrected chi connectivity index (χ1v) is 11.7. The third-order valence-corrected chi connectivity index (χ3v) is 5.42. The number of aromatic amines is 1. The van der Waals surface area contributed by atoms with Crippen LogP contribution in [0.15, 0.2) is 78.0 Å². The summed E-state index contributed by atoms with van der Waals surface area (Å²) in [5.41, 5.74) is 2.79. The maximum atomic E-state index is 14.4. The number of aromatic nitrogens is 2. The van der Waals surface area contributed by atoms with Gasteiger partial charge in [-0.25, -0.2) is 14.0 Å². The number of likely N-dealkylation sites (N-methyl/N-ethyl adjacent to an activating group) is 1. The van der Waals surface area contributed by atoms with Gasteiger partial charge in [0, 0.05) is 41.2 Å². The molecule has 0 saturated carbocycles. The van der Waals surface area contributed by atoms with Crippen LogP contribution in [0.2, 0.25) is 0 Å². The minimum Gasteiger partial charge on any atom is -0.486 e. The summed E-state index contributed by atoms with van der Waals surface area (Å²) in [7, 11) is 0. The van der Waals surface area contributed by atoms with Gasteiger partial charge in [0.05, 0.1) is 11.7 Å². The van der Waals surface area contributed by atoms with Gasteiger partial charge < -0.3 is 14.9 Å². The fourth-order valence-electron chi connectivity index (χ4n) is 3.03. The predicted molar refractivity (Wildman–Crippen MR) is 140 cm³/mol. The van der Waals surface area contributed by atoms with Gasteiger partial charge in [-0.2, -0.15) is 5.10 Å². The SMILES string of the molecule is C=CCN(CC)CC=C(COc1cc2[nH]ncc2cc1F)c1ccc(Br)cc1.O=C(O)C=CC(=O)O. The Kier molecular flexibility index (Phi) is 11.5. The average molecular weight is 560 g/mol. The highest BCUT2D eigenvalue weighted by Crippen LogP contribution is 2.25. The number of benzene rings is 2. The molecule has 1 heterocycles. The zero-order valence-electron chi connectivity index (χ0n) is 19.7. The van der Waals surface area contributed by atoms with E-state index in [1.54, 1.807) is 12.3 Å². The van der Waals surface area contributed by atoms with E-state index in [9.17, 15) is 14.0 Å². The molecule has 0 aliphatic heterocycles. The van der Waals surface area contributed by atoms with Crippen LogP contribution in [0.4, 0.5) is 4.39 Å². The third kappa shape index (κ3) is 9.47. The summed E-state index contributed by atoms with van der Waals surface area (Å²) < 4.78 is 21.2. The molecule has 3 aromatic rings. The van der Waals surface area contributed by atoms with Crippen molar-refractivity contribution in [2.45, 2.75) is 6.92 Å². The van der Waals surface area contributed by atoms with E-state index in [0.29, 0.717) is 12.2 Å². The number of carbonyl (C=O) groups is 2. The van der Waals surface area contributed by atoms with Crippen molar-refractivity contribution in [3.05, 3.63) is 89.3 Å². The minimum absolute atomic E-state index is 0.207.